The van der Waals surface area contributed by atoms with Crippen LogP contribution in [0.1, 0.15) is 26.2 Å². The van der Waals surface area contributed by atoms with Gasteiger partial charge < -0.3 is 10.2 Å². The first kappa shape index (κ1) is 16.9. The maximum Gasteiger partial charge on any atom is 0.214 e. The van der Waals surface area contributed by atoms with Crippen molar-refractivity contribution in [3.05, 3.63) is 0 Å². The summed E-state index contributed by atoms with van der Waals surface area (Å²) in [7, 11) is 0.944. The highest BCUT2D eigenvalue weighted by atomic mass is 32.2. The largest absolute Gasteiger partial charge is 0.317 e. The van der Waals surface area contributed by atoms with E-state index in [-0.39, 0.29) is 0 Å². The summed E-state index contributed by atoms with van der Waals surface area (Å²) in [5.41, 5.74) is 0. The second-order valence-corrected chi connectivity index (χ2v) is 7.63. The van der Waals surface area contributed by atoms with Crippen LogP contribution in [0.5, 0.6) is 0 Å². The lowest BCUT2D eigenvalue weighted by atomic mass is 10.0. The van der Waals surface area contributed by atoms with Crippen molar-refractivity contribution in [2.24, 2.45) is 5.92 Å². The third-order valence-corrected chi connectivity index (χ3v) is 5.78. The van der Waals surface area contributed by atoms with Crippen molar-refractivity contribution < 1.29 is 8.42 Å². The summed E-state index contributed by atoms with van der Waals surface area (Å²) >= 11 is 0. The van der Waals surface area contributed by atoms with Gasteiger partial charge in [-0.25, -0.2) is 12.7 Å². The molecule has 0 aromatic rings. The summed E-state index contributed by atoms with van der Waals surface area (Å²) in [5, 5.41) is 3.28. The summed E-state index contributed by atoms with van der Waals surface area (Å²) in [6.07, 6.45) is 2.86. The fourth-order valence-electron chi connectivity index (χ4n) is 2.51. The fourth-order valence-corrected chi connectivity index (χ4v) is 4.45. The molecule has 0 radical (unpaired) electrons. The molecule has 114 valence electrons. The smallest absolute Gasteiger partial charge is 0.214 e. The summed E-state index contributed by atoms with van der Waals surface area (Å²) in [6, 6.07) is 0. The summed E-state index contributed by atoms with van der Waals surface area (Å²) in [5.74, 6) is 0.652. The quantitative estimate of drug-likeness (QED) is 0.711. The summed E-state index contributed by atoms with van der Waals surface area (Å²) < 4.78 is 26.4. The first-order chi connectivity index (χ1) is 8.95. The molecule has 0 atom stereocenters. The molecule has 0 aromatic heterocycles. The van der Waals surface area contributed by atoms with Gasteiger partial charge in [0.25, 0.3) is 0 Å². The first-order valence-corrected chi connectivity index (χ1v) is 8.90. The van der Waals surface area contributed by atoms with Gasteiger partial charge in [-0.3, -0.25) is 0 Å². The van der Waals surface area contributed by atoms with Crippen LogP contribution in [0.2, 0.25) is 0 Å². The average molecular weight is 291 g/mol. The Morgan fingerprint density at radius 3 is 2.32 bits per heavy atom. The van der Waals surface area contributed by atoms with Crippen LogP contribution in [0.4, 0.5) is 0 Å². The van der Waals surface area contributed by atoms with E-state index in [1.165, 1.54) is 0 Å². The molecule has 0 amide bonds. The molecule has 0 spiro atoms. The fraction of sp³-hybridized carbons (Fsp3) is 1.00. The molecule has 1 aliphatic heterocycles. The van der Waals surface area contributed by atoms with Crippen LogP contribution in [0, 0.1) is 5.92 Å². The Morgan fingerprint density at radius 2 is 1.79 bits per heavy atom. The molecule has 1 heterocycles. The number of rotatable bonds is 8. The average Bonchev–Trinajstić information content (AvgIpc) is 2.34. The standard InChI is InChI=1S/C13H29N3O2S/c1-4-16(11-5-10-15(2)3)19(17,18)12-13-6-8-14-9-7-13/h13-14H,4-12H2,1-3H3. The van der Waals surface area contributed by atoms with Crippen LogP contribution in [-0.4, -0.2) is 70.2 Å². The van der Waals surface area contributed by atoms with Crippen LogP contribution in [-0.2, 0) is 10.0 Å². The molecule has 1 fully saturated rings. The van der Waals surface area contributed by atoms with Crippen molar-refractivity contribution in [3.63, 3.8) is 0 Å². The van der Waals surface area contributed by atoms with E-state index in [1.54, 1.807) is 4.31 Å². The van der Waals surface area contributed by atoms with E-state index in [2.05, 4.69) is 10.2 Å². The Bertz CT molecular complexity index is 338. The van der Waals surface area contributed by atoms with Crippen LogP contribution >= 0.6 is 0 Å². The summed E-state index contributed by atoms with van der Waals surface area (Å²) in [4.78, 5) is 2.09. The van der Waals surface area contributed by atoms with Gasteiger partial charge in [-0.05, 0) is 58.9 Å². The molecule has 0 bridgehead atoms. The van der Waals surface area contributed by atoms with Crippen molar-refractivity contribution in [1.82, 2.24) is 14.5 Å². The predicted octanol–water partition coefficient (Wildman–Crippen LogP) is 0.589. The molecular weight excluding hydrogens is 262 g/mol. The second-order valence-electron chi connectivity index (χ2n) is 5.62. The number of piperidine rings is 1. The lowest BCUT2D eigenvalue weighted by Gasteiger charge is -2.27. The number of hydrogen-bond donors (Lipinski definition) is 1. The van der Waals surface area contributed by atoms with Gasteiger partial charge in [-0.15, -0.1) is 0 Å². The molecule has 5 nitrogen and oxygen atoms in total. The Hall–Kier alpha value is -0.170. The second kappa shape index (κ2) is 8.19. The van der Waals surface area contributed by atoms with Crippen molar-refractivity contribution in [2.45, 2.75) is 26.2 Å². The van der Waals surface area contributed by atoms with E-state index in [9.17, 15) is 8.42 Å². The van der Waals surface area contributed by atoms with Gasteiger partial charge in [0, 0.05) is 13.1 Å². The Kier molecular flexibility index (Phi) is 7.28. The molecular formula is C13H29N3O2S. The molecule has 6 heteroatoms. The van der Waals surface area contributed by atoms with Crippen LogP contribution < -0.4 is 5.32 Å². The van der Waals surface area contributed by atoms with Gasteiger partial charge in [0.05, 0.1) is 5.75 Å². The topological polar surface area (TPSA) is 52.7 Å². The Balaban J connectivity index is 2.46. The van der Waals surface area contributed by atoms with E-state index in [1.807, 2.05) is 21.0 Å². The van der Waals surface area contributed by atoms with Gasteiger partial charge >= 0.3 is 0 Å². The molecule has 1 saturated heterocycles. The molecule has 19 heavy (non-hydrogen) atoms. The van der Waals surface area contributed by atoms with E-state index < -0.39 is 10.0 Å². The zero-order valence-corrected chi connectivity index (χ0v) is 13.4. The molecule has 0 unspecified atom stereocenters. The Labute approximate surface area is 118 Å². The molecule has 1 rings (SSSR count). The van der Waals surface area contributed by atoms with E-state index in [0.29, 0.717) is 24.8 Å². The normalized spacial score (nSPS) is 18.4. The van der Waals surface area contributed by atoms with Gasteiger partial charge in [-0.1, -0.05) is 6.92 Å². The van der Waals surface area contributed by atoms with E-state index >= 15 is 0 Å². The minimum atomic E-state index is -3.08. The SMILES string of the molecule is CCN(CCCN(C)C)S(=O)(=O)CC1CCNCC1. The molecule has 1 aliphatic rings. The van der Waals surface area contributed by atoms with Crippen LogP contribution in [0.25, 0.3) is 0 Å². The monoisotopic (exact) mass is 291 g/mol. The summed E-state index contributed by atoms with van der Waals surface area (Å²) in [6.45, 7) is 5.98. The number of nitrogens with one attached hydrogen (secondary N) is 1. The molecule has 0 aliphatic carbocycles. The third kappa shape index (κ3) is 6.21. The molecule has 0 saturated carbocycles. The van der Waals surface area contributed by atoms with Crippen molar-refractivity contribution in [1.29, 1.82) is 0 Å². The van der Waals surface area contributed by atoms with Crippen molar-refractivity contribution in [2.75, 3.05) is 52.6 Å². The predicted molar refractivity (Wildman–Crippen MR) is 79.8 cm³/mol. The number of sulfonamides is 1. The van der Waals surface area contributed by atoms with Gasteiger partial charge in [0.1, 0.15) is 0 Å². The van der Waals surface area contributed by atoms with Crippen LogP contribution in [0.15, 0.2) is 0 Å². The lowest BCUT2D eigenvalue weighted by molar-refractivity contribution is 0.348. The first-order valence-electron chi connectivity index (χ1n) is 7.29. The highest BCUT2D eigenvalue weighted by molar-refractivity contribution is 7.89. The van der Waals surface area contributed by atoms with Gasteiger partial charge in [-0.2, -0.15) is 0 Å². The number of hydrogen-bond acceptors (Lipinski definition) is 4. The maximum absolute atomic E-state index is 12.4. The zero-order chi connectivity index (χ0) is 14.3. The van der Waals surface area contributed by atoms with Gasteiger partial charge in [0.2, 0.25) is 10.0 Å². The van der Waals surface area contributed by atoms with Crippen molar-refractivity contribution in [3.8, 4) is 0 Å². The zero-order valence-electron chi connectivity index (χ0n) is 12.6. The van der Waals surface area contributed by atoms with Crippen molar-refractivity contribution >= 4 is 10.0 Å². The molecule has 0 aromatic carbocycles. The maximum atomic E-state index is 12.4. The van der Waals surface area contributed by atoms with Crippen LogP contribution in [0.3, 0.4) is 0 Å². The third-order valence-electron chi connectivity index (χ3n) is 3.66. The van der Waals surface area contributed by atoms with Gasteiger partial charge in [0.15, 0.2) is 0 Å². The Morgan fingerprint density at radius 1 is 1.16 bits per heavy atom. The highest BCUT2D eigenvalue weighted by Gasteiger charge is 2.25. The number of nitrogens with zero attached hydrogens (tertiary/aromatic N) is 2. The minimum absolute atomic E-state index is 0.324. The lowest BCUT2D eigenvalue weighted by Crippen LogP contribution is -2.39. The minimum Gasteiger partial charge on any atom is -0.317 e. The highest BCUT2D eigenvalue weighted by Crippen LogP contribution is 2.16. The van der Waals surface area contributed by atoms with E-state index in [4.69, 9.17) is 0 Å². The van der Waals surface area contributed by atoms with E-state index in [0.717, 1.165) is 38.9 Å². The molecule has 1 N–H and O–H groups in total.